The first-order valence-corrected chi connectivity index (χ1v) is 10.1. The number of amides is 1. The van der Waals surface area contributed by atoms with Crippen molar-refractivity contribution < 1.29 is 9.53 Å². The number of fused-ring (bicyclic) bond motifs is 1. The Labute approximate surface area is 169 Å². The first-order chi connectivity index (χ1) is 12.7. The Morgan fingerprint density at radius 1 is 1.44 bits per heavy atom. The van der Waals surface area contributed by atoms with Gasteiger partial charge in [-0.25, -0.2) is 4.79 Å². The number of amidine groups is 1. The van der Waals surface area contributed by atoms with E-state index in [0.717, 1.165) is 37.3 Å². The number of thiol groups is 1. The molecule has 2 atom stereocenters. The molecule has 1 aliphatic heterocycles. The van der Waals surface area contributed by atoms with Crippen molar-refractivity contribution in [2.75, 3.05) is 40.0 Å². The highest BCUT2D eigenvalue weighted by molar-refractivity contribution is 7.79. The fraction of sp³-hybridized carbons (Fsp3) is 0.737. The van der Waals surface area contributed by atoms with E-state index < -0.39 is 5.60 Å². The van der Waals surface area contributed by atoms with Crippen LogP contribution in [0.2, 0.25) is 0 Å². The summed E-state index contributed by atoms with van der Waals surface area (Å²) in [6.45, 7) is 11.4. The summed E-state index contributed by atoms with van der Waals surface area (Å²) in [6, 6.07) is 0. The Balaban J connectivity index is 0.00000176. The second-order valence-electron chi connectivity index (χ2n) is 7.75. The number of nitrogens with zero attached hydrogens (tertiary/aromatic N) is 3. The monoisotopic (exact) mass is 397 g/mol. The van der Waals surface area contributed by atoms with E-state index in [1.54, 1.807) is 19.5 Å². The molecule has 2 fully saturated rings. The molecule has 0 aromatic rings. The molecule has 0 bridgehead atoms. The third kappa shape index (κ3) is 6.53. The van der Waals surface area contributed by atoms with Gasteiger partial charge in [0, 0.05) is 51.0 Å². The van der Waals surface area contributed by atoms with Gasteiger partial charge in [-0.2, -0.15) is 12.6 Å². The van der Waals surface area contributed by atoms with Crippen LogP contribution in [0.3, 0.4) is 0 Å². The highest BCUT2D eigenvalue weighted by Gasteiger charge is 2.57. The van der Waals surface area contributed by atoms with Crippen molar-refractivity contribution in [3.63, 3.8) is 0 Å². The first kappa shape index (κ1) is 23.5. The first-order valence-electron chi connectivity index (χ1n) is 9.22. The van der Waals surface area contributed by atoms with Gasteiger partial charge in [-0.1, -0.05) is 0 Å². The van der Waals surface area contributed by atoms with E-state index in [2.05, 4.69) is 40.0 Å². The molecule has 8 heteroatoms. The quantitative estimate of drug-likeness (QED) is 0.378. The lowest BCUT2D eigenvalue weighted by molar-refractivity contribution is 0.0193. The number of piperidine rings is 1. The van der Waals surface area contributed by atoms with Gasteiger partial charge in [0.15, 0.2) is 0 Å². The predicted molar refractivity (Wildman–Crippen MR) is 116 cm³/mol. The molecule has 27 heavy (non-hydrogen) atoms. The molecule has 0 radical (unpaired) electrons. The van der Waals surface area contributed by atoms with Crippen molar-refractivity contribution in [3.8, 4) is 0 Å². The van der Waals surface area contributed by atoms with E-state index >= 15 is 0 Å². The Morgan fingerprint density at radius 2 is 2.11 bits per heavy atom. The molecule has 7 nitrogen and oxygen atoms in total. The highest BCUT2D eigenvalue weighted by Crippen LogP contribution is 2.49. The molecule has 1 saturated heterocycles. The van der Waals surface area contributed by atoms with Crippen LogP contribution in [0.25, 0.3) is 0 Å². The van der Waals surface area contributed by atoms with Crippen molar-refractivity contribution in [1.29, 1.82) is 0 Å². The zero-order valence-corrected chi connectivity index (χ0v) is 18.4. The SMILES string of the molecule is C=N/C=C(/CNC12CCN(C(=O)OC(C)(C)C)CC1C2)C(=NC)NC.CS. The number of likely N-dealkylation sites (N-methyl/N-ethyl adjacent to an activating group) is 1. The van der Waals surface area contributed by atoms with Gasteiger partial charge in [0.25, 0.3) is 0 Å². The van der Waals surface area contributed by atoms with E-state index in [4.69, 9.17) is 4.74 Å². The Bertz CT molecular complexity index is 585. The molecule has 1 aliphatic carbocycles. The lowest BCUT2D eigenvalue weighted by atomic mass is 10.0. The van der Waals surface area contributed by atoms with Crippen LogP contribution in [0.15, 0.2) is 21.8 Å². The van der Waals surface area contributed by atoms with Crippen LogP contribution >= 0.6 is 12.6 Å². The zero-order chi connectivity index (χ0) is 20.7. The van der Waals surface area contributed by atoms with Crippen LogP contribution in [0, 0.1) is 5.92 Å². The van der Waals surface area contributed by atoms with Gasteiger partial charge >= 0.3 is 6.09 Å². The number of rotatable bonds is 5. The number of carbonyl (C=O) groups excluding carboxylic acids is 1. The van der Waals surface area contributed by atoms with Crippen LogP contribution in [0.1, 0.15) is 33.6 Å². The summed E-state index contributed by atoms with van der Waals surface area (Å²) < 4.78 is 5.48. The topological polar surface area (TPSA) is 78.3 Å². The van der Waals surface area contributed by atoms with Crippen molar-refractivity contribution in [2.24, 2.45) is 15.9 Å². The second kappa shape index (κ2) is 10.1. The van der Waals surface area contributed by atoms with Crippen LogP contribution in [0.4, 0.5) is 4.79 Å². The fourth-order valence-electron chi connectivity index (χ4n) is 3.40. The average molecular weight is 398 g/mol. The maximum absolute atomic E-state index is 12.2. The molecule has 2 unspecified atom stereocenters. The maximum atomic E-state index is 12.2. The Morgan fingerprint density at radius 3 is 2.59 bits per heavy atom. The normalized spacial score (nSPS) is 25.0. The number of ether oxygens (including phenoxy) is 1. The minimum atomic E-state index is -0.451. The van der Waals surface area contributed by atoms with Crippen molar-refractivity contribution >= 4 is 31.3 Å². The fourth-order valence-corrected chi connectivity index (χ4v) is 3.40. The van der Waals surface area contributed by atoms with Gasteiger partial charge in [-0.15, -0.1) is 0 Å². The largest absolute Gasteiger partial charge is 0.444 e. The lowest BCUT2D eigenvalue weighted by Gasteiger charge is -2.33. The van der Waals surface area contributed by atoms with E-state index in [0.29, 0.717) is 12.5 Å². The Kier molecular flexibility index (Phi) is 8.81. The molecule has 1 amide bonds. The van der Waals surface area contributed by atoms with Crippen LogP contribution < -0.4 is 10.6 Å². The summed E-state index contributed by atoms with van der Waals surface area (Å²) in [4.78, 5) is 22.2. The number of carbonyl (C=O) groups is 1. The van der Waals surface area contributed by atoms with Gasteiger partial charge in [0.1, 0.15) is 11.4 Å². The number of hydrogen-bond donors (Lipinski definition) is 3. The summed E-state index contributed by atoms with van der Waals surface area (Å²) in [5.41, 5.74) is 0.647. The van der Waals surface area contributed by atoms with Crippen molar-refractivity contribution in [2.45, 2.75) is 44.8 Å². The molecule has 2 rings (SSSR count). The molecular formula is C19H35N5O2S. The van der Waals surface area contributed by atoms with Gasteiger partial charge in [0.2, 0.25) is 0 Å². The zero-order valence-electron chi connectivity index (χ0n) is 17.5. The summed E-state index contributed by atoms with van der Waals surface area (Å²) >= 11 is 3.53. The predicted octanol–water partition coefficient (Wildman–Crippen LogP) is 2.35. The van der Waals surface area contributed by atoms with Crippen molar-refractivity contribution in [1.82, 2.24) is 15.5 Å². The van der Waals surface area contributed by atoms with Crippen molar-refractivity contribution in [3.05, 3.63) is 11.8 Å². The van der Waals surface area contributed by atoms with Crippen LogP contribution in [-0.2, 0) is 4.74 Å². The van der Waals surface area contributed by atoms with Gasteiger partial charge in [0.05, 0.1) is 0 Å². The number of nitrogens with one attached hydrogen (secondary N) is 2. The molecule has 1 saturated carbocycles. The average Bonchev–Trinajstić information content (AvgIpc) is 3.34. The van der Waals surface area contributed by atoms with Gasteiger partial charge in [-0.05, 0) is 52.5 Å². The molecule has 2 aliphatic rings. The van der Waals surface area contributed by atoms with E-state index in [1.807, 2.05) is 32.7 Å². The molecule has 2 N–H and O–H groups in total. The number of hydrogen-bond acceptors (Lipinski definition) is 6. The summed E-state index contributed by atoms with van der Waals surface area (Å²) in [5.74, 6) is 1.28. The van der Waals surface area contributed by atoms with E-state index in [-0.39, 0.29) is 11.6 Å². The second-order valence-corrected chi connectivity index (χ2v) is 7.75. The third-order valence-electron chi connectivity index (χ3n) is 4.79. The standard InChI is InChI=1S/C18H31N5O2.CH4S/c1-17(2,3)25-16(24)23-8-7-18(9-14(18)12-23)22-11-13(10-19-4)15(20-5)21-6;1-2/h10,14,22H,4,7-9,11-12H2,1-3,5-6H3,(H,20,21);2H,1H3/b13-10-;. The van der Waals surface area contributed by atoms with Gasteiger partial charge < -0.3 is 20.3 Å². The molecule has 0 aromatic carbocycles. The maximum Gasteiger partial charge on any atom is 0.410 e. The highest BCUT2D eigenvalue weighted by atomic mass is 32.1. The number of aliphatic imine (C=N–C) groups is 2. The lowest BCUT2D eigenvalue weighted by Crippen LogP contribution is -2.48. The molecule has 154 valence electrons. The molecule has 1 heterocycles. The van der Waals surface area contributed by atoms with Crippen LogP contribution in [0.5, 0.6) is 0 Å². The molecule has 0 aromatic heterocycles. The summed E-state index contributed by atoms with van der Waals surface area (Å²) in [5, 5.41) is 6.74. The molecule has 0 spiro atoms. The summed E-state index contributed by atoms with van der Waals surface area (Å²) in [7, 11) is 3.59. The third-order valence-corrected chi connectivity index (χ3v) is 4.79. The minimum Gasteiger partial charge on any atom is -0.444 e. The van der Waals surface area contributed by atoms with E-state index in [1.165, 1.54) is 0 Å². The Hall–Kier alpha value is -1.54. The smallest absolute Gasteiger partial charge is 0.410 e. The number of likely N-dealkylation sites (tertiary alicyclic amines) is 1. The van der Waals surface area contributed by atoms with Gasteiger partial charge in [-0.3, -0.25) is 9.98 Å². The van der Waals surface area contributed by atoms with E-state index in [9.17, 15) is 4.79 Å². The molecular weight excluding hydrogens is 362 g/mol. The minimum absolute atomic E-state index is 0.116. The summed E-state index contributed by atoms with van der Waals surface area (Å²) in [6.07, 6.45) is 5.23. The van der Waals surface area contributed by atoms with Crippen LogP contribution in [-0.4, -0.2) is 74.7 Å².